The average molecular weight is 1410 g/mol. The molecule has 17 aromatic rings. The molecule has 0 saturated carbocycles. The zero-order chi connectivity index (χ0) is 72.1. The highest BCUT2D eigenvalue weighted by atomic mass is 32.1. The van der Waals surface area contributed by atoms with Gasteiger partial charge in [-0.3, -0.25) is 0 Å². The number of hydrogen-bond donors (Lipinski definition) is 0. The molecule has 0 amide bonds. The number of thiophene rings is 1. The van der Waals surface area contributed by atoms with E-state index in [2.05, 4.69) is 193 Å². The van der Waals surface area contributed by atoms with Gasteiger partial charge in [0, 0.05) is 54.3 Å². The van der Waals surface area contributed by atoms with Crippen LogP contribution in [0.5, 0.6) is 23.0 Å². The number of rotatable bonds is 16. The van der Waals surface area contributed by atoms with E-state index >= 15 is 17.6 Å². The molecule has 0 radical (unpaired) electrons. The maximum atomic E-state index is 15.2. The molecule has 0 spiro atoms. The van der Waals surface area contributed by atoms with Crippen molar-refractivity contribution < 1.29 is 27.0 Å². The van der Waals surface area contributed by atoms with Crippen molar-refractivity contribution in [3.05, 3.63) is 432 Å². The molecule has 107 heavy (non-hydrogen) atoms. The van der Waals surface area contributed by atoms with Crippen LogP contribution in [-0.2, 0) is 10.8 Å². The summed E-state index contributed by atoms with van der Waals surface area (Å²) in [5.74, 6) is 1.37. The molecule has 4 nitrogen and oxygen atoms in total. The van der Waals surface area contributed by atoms with Gasteiger partial charge in [-0.1, -0.05) is 171 Å². The van der Waals surface area contributed by atoms with Crippen LogP contribution in [0.25, 0.3) is 76.1 Å². The minimum absolute atomic E-state index is 0.333. The fourth-order valence-corrected chi connectivity index (χ4v) is 17.7. The summed E-state index contributed by atoms with van der Waals surface area (Å²) in [5.41, 5.74) is 17.2. The average Bonchev–Trinajstić information content (AvgIpc) is 1.55. The number of benzene rings is 16. The first-order valence-corrected chi connectivity index (χ1v) is 36.3. The summed E-state index contributed by atoms with van der Waals surface area (Å²) in [7, 11) is 0. The van der Waals surface area contributed by atoms with Crippen molar-refractivity contribution in [3.63, 3.8) is 0 Å². The molecule has 2 unspecified atom stereocenters. The van der Waals surface area contributed by atoms with E-state index in [4.69, 9.17) is 9.47 Å². The van der Waals surface area contributed by atoms with Crippen LogP contribution in [-0.4, -0.2) is 0 Å². The van der Waals surface area contributed by atoms with Crippen molar-refractivity contribution in [3.8, 4) is 45.3 Å². The third-order valence-electron chi connectivity index (χ3n) is 21.4. The van der Waals surface area contributed by atoms with Crippen molar-refractivity contribution in [2.75, 3.05) is 9.80 Å². The van der Waals surface area contributed by atoms with E-state index in [0.29, 0.717) is 23.0 Å². The Hall–Kier alpha value is -13.3. The number of anilines is 6. The number of ether oxygens (including phenoxy) is 2. The van der Waals surface area contributed by atoms with Crippen LogP contribution in [0.1, 0.15) is 55.6 Å². The van der Waals surface area contributed by atoms with Gasteiger partial charge in [-0.2, -0.15) is 0 Å². The first-order valence-electron chi connectivity index (χ1n) is 35.5. The fraction of sp³-hybridized carbons (Fsp3) is 0.0204. The molecule has 1 aromatic heterocycles. The van der Waals surface area contributed by atoms with Crippen molar-refractivity contribution in [2.24, 2.45) is 0 Å². The Labute approximate surface area is 620 Å². The van der Waals surface area contributed by atoms with Gasteiger partial charge in [-0.15, -0.1) is 11.3 Å². The van der Waals surface area contributed by atoms with Crippen LogP contribution < -0.4 is 19.3 Å². The number of halogens is 4. The highest BCUT2D eigenvalue weighted by Gasteiger charge is 2.48. The maximum Gasteiger partial charge on any atom is 0.127 e. The second-order valence-electron chi connectivity index (χ2n) is 27.3. The molecule has 19 rings (SSSR count). The third kappa shape index (κ3) is 10.9. The predicted molar refractivity (Wildman–Crippen MR) is 431 cm³/mol. The fourth-order valence-electron chi connectivity index (χ4n) is 16.5. The van der Waals surface area contributed by atoms with Crippen LogP contribution >= 0.6 is 11.3 Å². The normalized spacial score (nSPS) is 14.7. The van der Waals surface area contributed by atoms with Gasteiger partial charge in [0.05, 0.1) is 10.8 Å². The van der Waals surface area contributed by atoms with Gasteiger partial charge in [-0.25, -0.2) is 17.6 Å². The van der Waals surface area contributed by atoms with Gasteiger partial charge in [0.15, 0.2) is 0 Å². The van der Waals surface area contributed by atoms with Crippen molar-refractivity contribution in [2.45, 2.75) is 10.8 Å². The second kappa shape index (κ2) is 25.8. The monoisotopic (exact) mass is 1410 g/mol. The van der Waals surface area contributed by atoms with Gasteiger partial charge in [0.2, 0.25) is 0 Å². The van der Waals surface area contributed by atoms with Crippen molar-refractivity contribution in [1.29, 1.82) is 0 Å². The predicted octanol–water partition coefficient (Wildman–Crippen LogP) is 27.5. The first-order chi connectivity index (χ1) is 52.5. The second-order valence-corrected chi connectivity index (χ2v) is 28.4. The molecule has 0 bridgehead atoms. The summed E-state index contributed by atoms with van der Waals surface area (Å²) in [4.78, 5) is 4.37. The number of fused-ring (bicyclic) bond motifs is 11. The van der Waals surface area contributed by atoms with Crippen LogP contribution in [0.4, 0.5) is 51.7 Å². The summed E-state index contributed by atoms with van der Waals surface area (Å²) in [5, 5.41) is 6.36. The summed E-state index contributed by atoms with van der Waals surface area (Å²) < 4.78 is 75.8. The van der Waals surface area contributed by atoms with E-state index < -0.39 is 10.8 Å². The lowest BCUT2D eigenvalue weighted by Crippen LogP contribution is -2.28. The summed E-state index contributed by atoms with van der Waals surface area (Å²) >= 11 is 1.76. The van der Waals surface area contributed by atoms with E-state index in [0.717, 1.165) is 154 Å². The molecule has 9 heteroatoms. The van der Waals surface area contributed by atoms with Crippen LogP contribution in [0, 0.1) is 23.3 Å². The van der Waals surface area contributed by atoms with E-state index in [-0.39, 0.29) is 23.3 Å². The third-order valence-corrected chi connectivity index (χ3v) is 22.6. The Bertz CT molecular complexity index is 5990. The topological polar surface area (TPSA) is 24.9 Å². The van der Waals surface area contributed by atoms with Gasteiger partial charge in [0.1, 0.15) is 46.3 Å². The Morgan fingerprint density at radius 3 is 0.935 bits per heavy atom. The maximum absolute atomic E-state index is 15.2. The van der Waals surface area contributed by atoms with E-state index in [1.165, 1.54) is 48.5 Å². The van der Waals surface area contributed by atoms with E-state index in [1.54, 1.807) is 23.5 Å². The molecule has 2 aliphatic carbocycles. The zero-order valence-electron chi connectivity index (χ0n) is 57.5. The van der Waals surface area contributed by atoms with Crippen molar-refractivity contribution in [1.82, 2.24) is 0 Å². The highest BCUT2D eigenvalue weighted by molar-refractivity contribution is 7.26. The summed E-state index contributed by atoms with van der Waals surface area (Å²) in [6.07, 6.45) is 3.60. The van der Waals surface area contributed by atoms with E-state index in [1.807, 2.05) is 121 Å². The van der Waals surface area contributed by atoms with E-state index in [9.17, 15) is 0 Å². The number of hydrogen-bond acceptors (Lipinski definition) is 5. The Morgan fingerprint density at radius 2 is 0.570 bits per heavy atom. The lowest BCUT2D eigenvalue weighted by molar-refractivity contribution is 0.482. The lowest BCUT2D eigenvalue weighted by atomic mass is 9.67. The molecule has 16 aromatic carbocycles. The molecule has 0 N–H and O–H groups in total. The molecule has 0 saturated heterocycles. The minimum Gasteiger partial charge on any atom is -0.457 e. The van der Waals surface area contributed by atoms with Crippen LogP contribution in [0.15, 0.2) is 353 Å². The standard InChI is InChI=1S/C98H62F4N2O2S/c1-3-61-13-43-81(44-14-61)105-83-47-23-69(24-48-83)97(67-19-27-71(99)28-20-67)91-11-7-5-9-85(91)87-51-41-79(59-93(87)97)103(75-37-31-73(101)32-38-75)77-35-17-63-57-95-89(55-65(63)53-77)90-56-66-54-78(36-18-64(66)58-96(90)107-95)104(76-39-33-74(102)34-40-76)80-42-52-88-86-10-6-8-12-92(86)98(94(88)60-80,68-21-29-72(100)30-22-68)70-25-49-84(50-26-70)106-82-45-15-62(4-2)16-46-82/h3-60H,1-2H2. The molecule has 2 aliphatic rings. The Morgan fingerprint density at radius 1 is 0.271 bits per heavy atom. The molecule has 1 heterocycles. The lowest BCUT2D eigenvalue weighted by Gasteiger charge is -2.35. The summed E-state index contributed by atoms with van der Waals surface area (Å²) in [6, 6.07) is 111. The zero-order valence-corrected chi connectivity index (χ0v) is 58.3. The SMILES string of the molecule is C=Cc1ccc(Oc2ccc(C3(c4ccc(F)cc4)c4ccccc4-c4ccc(N(c5ccc(F)cc5)c5ccc6cc7sc8cc9ccc(N(c%10ccc(F)cc%10)c%10ccc%11c(c%10)C(c%10ccc(F)cc%10)(c%10ccc(Oc%12ccc(C=C)cc%12)cc%10)c%10ccccc%10-%11)cc9cc8c7cc6c5)cc43)cc2)cc1. The highest BCUT2D eigenvalue weighted by Crippen LogP contribution is 2.60. The minimum atomic E-state index is -0.910. The quantitative estimate of drug-likeness (QED) is 0.0900. The largest absolute Gasteiger partial charge is 0.457 e. The van der Waals surface area contributed by atoms with Crippen molar-refractivity contribution >= 4 is 99.3 Å². The molecule has 2 atom stereocenters. The van der Waals surface area contributed by atoms with Gasteiger partial charge < -0.3 is 19.3 Å². The first kappa shape index (κ1) is 64.5. The Balaban J connectivity index is 0.722. The summed E-state index contributed by atoms with van der Waals surface area (Å²) in [6.45, 7) is 7.80. The van der Waals surface area contributed by atoms with Crippen LogP contribution in [0.3, 0.4) is 0 Å². The van der Waals surface area contributed by atoms with Gasteiger partial charge >= 0.3 is 0 Å². The smallest absolute Gasteiger partial charge is 0.127 e. The molecule has 0 fully saturated rings. The number of nitrogens with zero attached hydrogens (tertiary/aromatic N) is 2. The Kier molecular flexibility index (Phi) is 15.6. The van der Waals surface area contributed by atoms with Crippen LogP contribution in [0.2, 0.25) is 0 Å². The molecule has 510 valence electrons. The molecular weight excluding hydrogens is 1350 g/mol. The molecular formula is C98H62F4N2O2S. The van der Waals surface area contributed by atoms with Gasteiger partial charge in [-0.05, 0) is 294 Å². The van der Waals surface area contributed by atoms with Gasteiger partial charge in [0.25, 0.3) is 0 Å². The molecule has 0 aliphatic heterocycles.